The van der Waals surface area contributed by atoms with Crippen molar-refractivity contribution in [2.24, 2.45) is 11.7 Å². The lowest BCUT2D eigenvalue weighted by atomic mass is 10.0. The number of amides is 4. The maximum absolute atomic E-state index is 12.4. The highest BCUT2D eigenvalue weighted by Gasteiger charge is 2.24. The standard InChI is InChI=1S/C24H37N5O7/c1-5-36-21(32)13-27-24(35)19(10-14(2)3)29-20(31)12-26-22(33)15(4)28-23(34)18(25)11-16-6-8-17(30)9-7-16/h6-9,14-15,18-19,30H,5,10-13,25H2,1-4H3,(H,26,33)(H,27,35)(H,28,34)(H,29,31)/t15-,18?,19?/m0/s1. The molecule has 0 aliphatic heterocycles. The van der Waals surface area contributed by atoms with Gasteiger partial charge >= 0.3 is 5.97 Å². The van der Waals surface area contributed by atoms with Crippen molar-refractivity contribution in [3.8, 4) is 5.75 Å². The van der Waals surface area contributed by atoms with Crippen LogP contribution in [0.1, 0.15) is 39.7 Å². The summed E-state index contributed by atoms with van der Waals surface area (Å²) in [4.78, 5) is 60.9. The molecule has 1 rings (SSSR count). The second-order valence-electron chi connectivity index (χ2n) is 8.70. The Morgan fingerprint density at radius 3 is 2.11 bits per heavy atom. The summed E-state index contributed by atoms with van der Waals surface area (Å²) >= 11 is 0. The Bertz CT molecular complexity index is 905. The lowest BCUT2D eigenvalue weighted by Gasteiger charge is -2.21. The highest BCUT2D eigenvalue weighted by molar-refractivity contribution is 5.93. The van der Waals surface area contributed by atoms with E-state index in [4.69, 9.17) is 10.5 Å². The van der Waals surface area contributed by atoms with Gasteiger partial charge in [-0.25, -0.2) is 0 Å². The SMILES string of the molecule is CCOC(=O)CNC(=O)C(CC(C)C)NC(=O)CNC(=O)[C@H](C)NC(=O)C(N)Cc1ccc(O)cc1. The van der Waals surface area contributed by atoms with Crippen LogP contribution in [0.5, 0.6) is 5.75 Å². The summed E-state index contributed by atoms with van der Waals surface area (Å²) in [5.74, 6) is -2.74. The van der Waals surface area contributed by atoms with E-state index in [-0.39, 0.29) is 31.2 Å². The lowest BCUT2D eigenvalue weighted by molar-refractivity contribution is -0.143. The number of esters is 1. The second-order valence-corrected chi connectivity index (χ2v) is 8.70. The van der Waals surface area contributed by atoms with Gasteiger partial charge in [0.05, 0.1) is 19.2 Å². The van der Waals surface area contributed by atoms with Crippen LogP contribution >= 0.6 is 0 Å². The highest BCUT2D eigenvalue weighted by Crippen LogP contribution is 2.11. The summed E-state index contributed by atoms with van der Waals surface area (Å²) in [6, 6.07) is 3.46. The van der Waals surface area contributed by atoms with Crippen LogP contribution in [0, 0.1) is 5.92 Å². The largest absolute Gasteiger partial charge is 0.508 e. The van der Waals surface area contributed by atoms with Crippen molar-refractivity contribution in [3.05, 3.63) is 29.8 Å². The first-order valence-electron chi connectivity index (χ1n) is 11.8. The zero-order chi connectivity index (χ0) is 27.3. The molecular formula is C24H37N5O7. The zero-order valence-corrected chi connectivity index (χ0v) is 21.1. The summed E-state index contributed by atoms with van der Waals surface area (Å²) in [5, 5.41) is 19.2. The molecule has 0 aliphatic rings. The topological polar surface area (TPSA) is 189 Å². The second kappa shape index (κ2) is 15.4. The van der Waals surface area contributed by atoms with E-state index in [2.05, 4.69) is 21.3 Å². The minimum atomic E-state index is -0.962. The Morgan fingerprint density at radius 2 is 1.53 bits per heavy atom. The molecule has 0 heterocycles. The number of hydrogen-bond acceptors (Lipinski definition) is 8. The van der Waals surface area contributed by atoms with Crippen LogP contribution in [-0.2, 0) is 35.1 Å². The van der Waals surface area contributed by atoms with E-state index in [0.717, 1.165) is 5.56 Å². The molecular weight excluding hydrogens is 470 g/mol. The molecule has 0 fully saturated rings. The van der Waals surface area contributed by atoms with E-state index >= 15 is 0 Å². The van der Waals surface area contributed by atoms with Gasteiger partial charge in [-0.3, -0.25) is 24.0 Å². The third kappa shape index (κ3) is 11.6. The minimum absolute atomic E-state index is 0.0688. The number of rotatable bonds is 14. The average molecular weight is 508 g/mol. The van der Waals surface area contributed by atoms with Gasteiger partial charge in [0, 0.05) is 0 Å². The first kappa shape index (κ1) is 30.4. The summed E-state index contributed by atoms with van der Waals surface area (Å²) in [6.45, 7) is 6.28. The molecule has 0 bridgehead atoms. The van der Waals surface area contributed by atoms with Gasteiger partial charge in [-0.05, 0) is 50.3 Å². The first-order valence-corrected chi connectivity index (χ1v) is 11.8. The van der Waals surface area contributed by atoms with Crippen LogP contribution in [-0.4, -0.2) is 72.5 Å². The number of hydrogen-bond donors (Lipinski definition) is 6. The van der Waals surface area contributed by atoms with Crippen LogP contribution in [0.3, 0.4) is 0 Å². The van der Waals surface area contributed by atoms with E-state index in [0.29, 0.717) is 6.42 Å². The quantitative estimate of drug-likeness (QED) is 0.175. The number of phenols is 1. The number of aromatic hydroxyl groups is 1. The fraction of sp³-hybridized carbons (Fsp3) is 0.542. The maximum atomic E-state index is 12.4. The average Bonchev–Trinajstić information content (AvgIpc) is 2.81. The van der Waals surface area contributed by atoms with Gasteiger partial charge in [0.1, 0.15) is 24.4 Å². The summed E-state index contributed by atoms with van der Waals surface area (Å²) in [6.07, 6.45) is 0.526. The minimum Gasteiger partial charge on any atom is -0.508 e. The summed E-state index contributed by atoms with van der Waals surface area (Å²) in [7, 11) is 0. The maximum Gasteiger partial charge on any atom is 0.325 e. The molecule has 0 saturated heterocycles. The molecule has 2 unspecified atom stereocenters. The molecule has 4 amide bonds. The van der Waals surface area contributed by atoms with Gasteiger partial charge in [0.15, 0.2) is 0 Å². The molecule has 3 atom stereocenters. The fourth-order valence-corrected chi connectivity index (χ4v) is 3.13. The van der Waals surface area contributed by atoms with Crippen molar-refractivity contribution in [2.45, 2.75) is 58.7 Å². The zero-order valence-electron chi connectivity index (χ0n) is 21.1. The van der Waals surface area contributed by atoms with Crippen molar-refractivity contribution in [1.29, 1.82) is 0 Å². The van der Waals surface area contributed by atoms with Crippen molar-refractivity contribution < 1.29 is 33.8 Å². The van der Waals surface area contributed by atoms with Gasteiger partial charge in [-0.15, -0.1) is 0 Å². The summed E-state index contributed by atoms with van der Waals surface area (Å²) < 4.78 is 4.76. The monoisotopic (exact) mass is 507 g/mol. The first-order chi connectivity index (χ1) is 16.9. The molecule has 12 heteroatoms. The molecule has 1 aromatic rings. The third-order valence-corrected chi connectivity index (χ3v) is 4.98. The molecule has 0 saturated carbocycles. The van der Waals surface area contributed by atoms with Crippen molar-refractivity contribution in [3.63, 3.8) is 0 Å². The molecule has 0 aliphatic carbocycles. The van der Waals surface area contributed by atoms with Crippen LogP contribution in [0.4, 0.5) is 0 Å². The Morgan fingerprint density at radius 1 is 0.917 bits per heavy atom. The Balaban J connectivity index is 2.52. The van der Waals surface area contributed by atoms with Gasteiger partial charge in [-0.1, -0.05) is 26.0 Å². The molecule has 1 aromatic carbocycles. The van der Waals surface area contributed by atoms with Crippen LogP contribution < -0.4 is 27.0 Å². The van der Waals surface area contributed by atoms with Gasteiger partial charge < -0.3 is 36.8 Å². The van der Waals surface area contributed by atoms with Crippen LogP contribution in [0.15, 0.2) is 24.3 Å². The van der Waals surface area contributed by atoms with Crippen molar-refractivity contribution in [2.75, 3.05) is 19.7 Å². The normalized spacial score (nSPS) is 13.2. The number of benzene rings is 1. The third-order valence-electron chi connectivity index (χ3n) is 4.98. The molecule has 12 nitrogen and oxygen atoms in total. The van der Waals surface area contributed by atoms with Gasteiger partial charge in [0.25, 0.3) is 0 Å². The highest BCUT2D eigenvalue weighted by atomic mass is 16.5. The number of ether oxygens (including phenoxy) is 1. The van der Waals surface area contributed by atoms with E-state index in [9.17, 15) is 29.1 Å². The predicted octanol–water partition coefficient (Wildman–Crippen LogP) is -0.907. The van der Waals surface area contributed by atoms with Crippen LogP contribution in [0.25, 0.3) is 0 Å². The van der Waals surface area contributed by atoms with Gasteiger partial charge in [0.2, 0.25) is 23.6 Å². The molecule has 200 valence electrons. The van der Waals surface area contributed by atoms with E-state index in [1.807, 2.05) is 13.8 Å². The van der Waals surface area contributed by atoms with E-state index in [1.54, 1.807) is 19.1 Å². The molecule has 0 aromatic heterocycles. The fourth-order valence-electron chi connectivity index (χ4n) is 3.13. The van der Waals surface area contributed by atoms with E-state index in [1.165, 1.54) is 19.1 Å². The summed E-state index contributed by atoms with van der Waals surface area (Å²) in [5.41, 5.74) is 6.65. The molecule has 7 N–H and O–H groups in total. The lowest BCUT2D eigenvalue weighted by Crippen LogP contribution is -2.53. The Hall–Kier alpha value is -3.67. The van der Waals surface area contributed by atoms with Gasteiger partial charge in [-0.2, -0.15) is 0 Å². The molecule has 36 heavy (non-hydrogen) atoms. The number of phenolic OH excluding ortho intramolecular Hbond substituents is 1. The molecule has 0 radical (unpaired) electrons. The number of carbonyl (C=O) groups is 5. The van der Waals surface area contributed by atoms with Crippen LogP contribution in [0.2, 0.25) is 0 Å². The van der Waals surface area contributed by atoms with Crippen molar-refractivity contribution >= 4 is 29.6 Å². The van der Waals surface area contributed by atoms with E-state index < -0.39 is 54.3 Å². The Kier molecular flexibility index (Phi) is 12.9. The van der Waals surface area contributed by atoms with Crippen molar-refractivity contribution in [1.82, 2.24) is 21.3 Å². The number of nitrogens with two attached hydrogens (primary N) is 1. The Labute approximate surface area is 210 Å². The smallest absolute Gasteiger partial charge is 0.325 e. The predicted molar refractivity (Wildman–Crippen MR) is 131 cm³/mol. The molecule has 0 spiro atoms. The number of nitrogens with one attached hydrogen (secondary N) is 4. The number of carbonyl (C=O) groups excluding carboxylic acids is 5.